The molecule has 1 unspecified atom stereocenters. The van der Waals surface area contributed by atoms with E-state index in [1.807, 2.05) is 6.92 Å². The average Bonchev–Trinajstić information content (AvgIpc) is 2.37. The van der Waals surface area contributed by atoms with Crippen LogP contribution in [0.25, 0.3) is 0 Å². The lowest BCUT2D eigenvalue weighted by molar-refractivity contribution is -0.130. The predicted molar refractivity (Wildman–Crippen MR) is 70.6 cm³/mol. The van der Waals surface area contributed by atoms with Gasteiger partial charge < -0.3 is 10.6 Å². The van der Waals surface area contributed by atoms with Crippen LogP contribution in [0.2, 0.25) is 0 Å². The van der Waals surface area contributed by atoms with E-state index >= 15 is 0 Å². The van der Waals surface area contributed by atoms with Gasteiger partial charge in [0.2, 0.25) is 5.91 Å². The molecule has 0 aliphatic heterocycles. The average molecular weight is 252 g/mol. The van der Waals surface area contributed by atoms with E-state index in [1.54, 1.807) is 30.1 Å². The SMILES string of the molecule is CC(CN)CC(=O)N(C)CCc1ccccc1F. The fourth-order valence-electron chi connectivity index (χ4n) is 1.65. The number of carbonyl (C=O) groups excluding carboxylic acids is 1. The molecule has 0 fully saturated rings. The summed E-state index contributed by atoms with van der Waals surface area (Å²) in [6.45, 7) is 2.98. The van der Waals surface area contributed by atoms with E-state index in [2.05, 4.69) is 0 Å². The molecule has 0 aliphatic rings. The highest BCUT2D eigenvalue weighted by atomic mass is 19.1. The molecule has 1 rings (SSSR count). The third-order valence-electron chi connectivity index (χ3n) is 3.03. The molecule has 100 valence electrons. The molecule has 0 spiro atoms. The molecule has 18 heavy (non-hydrogen) atoms. The van der Waals surface area contributed by atoms with E-state index in [-0.39, 0.29) is 17.6 Å². The number of likely N-dealkylation sites (N-methyl/N-ethyl adjacent to an activating group) is 1. The summed E-state index contributed by atoms with van der Waals surface area (Å²) >= 11 is 0. The second-order valence-electron chi connectivity index (χ2n) is 4.70. The highest BCUT2D eigenvalue weighted by Gasteiger charge is 2.12. The Balaban J connectivity index is 2.44. The monoisotopic (exact) mass is 252 g/mol. The summed E-state index contributed by atoms with van der Waals surface area (Å²) in [4.78, 5) is 13.4. The second kappa shape index (κ2) is 7.11. The number of carbonyl (C=O) groups is 1. The van der Waals surface area contributed by atoms with Gasteiger partial charge in [-0.05, 0) is 30.5 Å². The largest absolute Gasteiger partial charge is 0.345 e. The first-order valence-corrected chi connectivity index (χ1v) is 6.22. The number of hydrogen-bond acceptors (Lipinski definition) is 2. The molecular formula is C14H21FN2O. The summed E-state index contributed by atoms with van der Waals surface area (Å²) in [6, 6.07) is 6.65. The molecule has 2 N–H and O–H groups in total. The predicted octanol–water partition coefficient (Wildman–Crippen LogP) is 1.81. The van der Waals surface area contributed by atoms with Crippen molar-refractivity contribution in [2.24, 2.45) is 11.7 Å². The first kappa shape index (κ1) is 14.6. The second-order valence-corrected chi connectivity index (χ2v) is 4.70. The quantitative estimate of drug-likeness (QED) is 0.839. The molecular weight excluding hydrogens is 231 g/mol. The maximum absolute atomic E-state index is 13.4. The van der Waals surface area contributed by atoms with Crippen molar-refractivity contribution in [2.45, 2.75) is 19.8 Å². The summed E-state index contributed by atoms with van der Waals surface area (Å²) in [5.41, 5.74) is 6.13. The van der Waals surface area contributed by atoms with Crippen LogP contribution in [0.1, 0.15) is 18.9 Å². The van der Waals surface area contributed by atoms with Gasteiger partial charge in [-0.15, -0.1) is 0 Å². The lowest BCUT2D eigenvalue weighted by atomic mass is 10.1. The Morgan fingerprint density at radius 1 is 1.44 bits per heavy atom. The fourth-order valence-corrected chi connectivity index (χ4v) is 1.65. The van der Waals surface area contributed by atoms with Crippen molar-refractivity contribution in [2.75, 3.05) is 20.1 Å². The number of halogens is 1. The van der Waals surface area contributed by atoms with Crippen LogP contribution in [0, 0.1) is 11.7 Å². The van der Waals surface area contributed by atoms with E-state index in [1.165, 1.54) is 6.07 Å². The maximum Gasteiger partial charge on any atom is 0.222 e. The number of rotatable bonds is 6. The van der Waals surface area contributed by atoms with Crippen LogP contribution in [0.4, 0.5) is 4.39 Å². The number of nitrogens with zero attached hydrogens (tertiary/aromatic N) is 1. The summed E-state index contributed by atoms with van der Waals surface area (Å²) in [6.07, 6.45) is 0.982. The van der Waals surface area contributed by atoms with Gasteiger partial charge in [0.1, 0.15) is 5.82 Å². The highest BCUT2D eigenvalue weighted by molar-refractivity contribution is 5.76. The van der Waals surface area contributed by atoms with Crippen LogP contribution >= 0.6 is 0 Å². The van der Waals surface area contributed by atoms with Crippen LogP contribution in [0.15, 0.2) is 24.3 Å². The number of benzene rings is 1. The van der Waals surface area contributed by atoms with Crippen molar-refractivity contribution in [1.29, 1.82) is 0 Å². The van der Waals surface area contributed by atoms with Gasteiger partial charge >= 0.3 is 0 Å². The van der Waals surface area contributed by atoms with Gasteiger partial charge in [-0.2, -0.15) is 0 Å². The van der Waals surface area contributed by atoms with E-state index in [4.69, 9.17) is 5.73 Å². The Bertz CT molecular complexity index is 395. The molecule has 1 atom stereocenters. The zero-order valence-corrected chi connectivity index (χ0v) is 11.0. The molecule has 0 radical (unpaired) electrons. The first-order chi connectivity index (χ1) is 8.54. The third-order valence-corrected chi connectivity index (χ3v) is 3.03. The van der Waals surface area contributed by atoms with Crippen LogP contribution in [-0.4, -0.2) is 30.9 Å². The van der Waals surface area contributed by atoms with Gasteiger partial charge in [0, 0.05) is 20.0 Å². The standard InChI is InChI=1S/C14H21FN2O/c1-11(10-16)9-14(18)17(2)8-7-12-5-3-4-6-13(12)15/h3-6,11H,7-10,16H2,1-2H3. The molecule has 0 bridgehead atoms. The molecule has 4 heteroatoms. The summed E-state index contributed by atoms with van der Waals surface area (Å²) in [7, 11) is 1.74. The lowest BCUT2D eigenvalue weighted by Crippen LogP contribution is -2.31. The van der Waals surface area contributed by atoms with Gasteiger partial charge in [0.05, 0.1) is 0 Å². The molecule has 0 heterocycles. The maximum atomic E-state index is 13.4. The minimum atomic E-state index is -0.214. The molecule has 1 amide bonds. The summed E-state index contributed by atoms with van der Waals surface area (Å²) in [5.74, 6) is 0.0337. The van der Waals surface area contributed by atoms with Crippen LogP contribution in [0.3, 0.4) is 0 Å². The lowest BCUT2D eigenvalue weighted by Gasteiger charge is -2.19. The van der Waals surface area contributed by atoms with Gasteiger partial charge in [0.15, 0.2) is 0 Å². The smallest absolute Gasteiger partial charge is 0.222 e. The van der Waals surface area contributed by atoms with Gasteiger partial charge in [-0.25, -0.2) is 4.39 Å². The highest BCUT2D eigenvalue weighted by Crippen LogP contribution is 2.08. The molecule has 0 saturated heterocycles. The van der Waals surface area contributed by atoms with Crippen molar-refractivity contribution in [3.63, 3.8) is 0 Å². The van der Waals surface area contributed by atoms with E-state index in [0.29, 0.717) is 31.5 Å². The zero-order valence-electron chi connectivity index (χ0n) is 11.0. The van der Waals surface area contributed by atoms with Crippen LogP contribution in [0.5, 0.6) is 0 Å². The molecule has 3 nitrogen and oxygen atoms in total. The normalized spacial score (nSPS) is 12.2. The number of nitrogens with two attached hydrogens (primary N) is 1. The Hall–Kier alpha value is -1.42. The molecule has 0 saturated carbocycles. The fraction of sp³-hybridized carbons (Fsp3) is 0.500. The van der Waals surface area contributed by atoms with Gasteiger partial charge in [0.25, 0.3) is 0 Å². The van der Waals surface area contributed by atoms with E-state index in [9.17, 15) is 9.18 Å². The Kier molecular flexibility index (Phi) is 5.78. The number of hydrogen-bond donors (Lipinski definition) is 1. The zero-order chi connectivity index (χ0) is 13.5. The third kappa shape index (κ3) is 4.45. The molecule has 1 aromatic carbocycles. The Morgan fingerprint density at radius 3 is 2.72 bits per heavy atom. The van der Waals surface area contributed by atoms with Crippen LogP contribution in [-0.2, 0) is 11.2 Å². The first-order valence-electron chi connectivity index (χ1n) is 6.22. The van der Waals surface area contributed by atoms with Crippen molar-refractivity contribution in [3.05, 3.63) is 35.6 Å². The Labute approximate surface area is 108 Å². The minimum absolute atomic E-state index is 0.0595. The molecule has 0 aromatic heterocycles. The van der Waals surface area contributed by atoms with Crippen molar-refractivity contribution in [3.8, 4) is 0 Å². The van der Waals surface area contributed by atoms with Gasteiger partial charge in [-0.3, -0.25) is 4.79 Å². The summed E-state index contributed by atoms with van der Waals surface area (Å²) in [5, 5.41) is 0. The molecule has 0 aliphatic carbocycles. The topological polar surface area (TPSA) is 46.3 Å². The minimum Gasteiger partial charge on any atom is -0.345 e. The van der Waals surface area contributed by atoms with Gasteiger partial charge in [-0.1, -0.05) is 25.1 Å². The summed E-state index contributed by atoms with van der Waals surface area (Å²) < 4.78 is 13.4. The number of amides is 1. The van der Waals surface area contributed by atoms with Crippen molar-refractivity contribution >= 4 is 5.91 Å². The van der Waals surface area contributed by atoms with Crippen molar-refractivity contribution in [1.82, 2.24) is 4.90 Å². The Morgan fingerprint density at radius 2 is 2.11 bits per heavy atom. The van der Waals surface area contributed by atoms with Crippen molar-refractivity contribution < 1.29 is 9.18 Å². The molecule has 1 aromatic rings. The van der Waals surface area contributed by atoms with Crippen LogP contribution < -0.4 is 5.73 Å². The van der Waals surface area contributed by atoms with E-state index in [0.717, 1.165) is 0 Å². The van der Waals surface area contributed by atoms with E-state index < -0.39 is 0 Å².